The van der Waals surface area contributed by atoms with Gasteiger partial charge in [-0.1, -0.05) is 6.07 Å². The minimum atomic E-state index is -0.559. The molecule has 28 heavy (non-hydrogen) atoms. The van der Waals surface area contributed by atoms with Crippen LogP contribution in [0.4, 0.5) is 0 Å². The molecule has 0 aliphatic carbocycles. The van der Waals surface area contributed by atoms with Crippen molar-refractivity contribution in [2.75, 3.05) is 46.7 Å². The number of methoxy groups -OCH3 is 1. The Morgan fingerprint density at radius 2 is 2.00 bits per heavy atom. The first-order chi connectivity index (χ1) is 13.5. The van der Waals surface area contributed by atoms with Gasteiger partial charge in [0.2, 0.25) is 5.91 Å². The SMILES string of the molecule is CCOC(=O)c1ccc2c(c1)OCCN(C(=O)C1(COC)CCOCC1)C2C. The van der Waals surface area contributed by atoms with E-state index in [0.717, 1.165) is 5.56 Å². The Labute approximate surface area is 165 Å². The average Bonchev–Trinajstić information content (AvgIpc) is 2.87. The minimum Gasteiger partial charge on any atom is -0.491 e. The Balaban J connectivity index is 1.87. The van der Waals surface area contributed by atoms with E-state index in [2.05, 4.69) is 0 Å². The van der Waals surface area contributed by atoms with Crippen molar-refractivity contribution in [1.82, 2.24) is 4.90 Å². The van der Waals surface area contributed by atoms with Crippen molar-refractivity contribution in [1.29, 1.82) is 0 Å². The molecule has 0 saturated carbocycles. The van der Waals surface area contributed by atoms with Gasteiger partial charge in [-0.05, 0) is 38.8 Å². The van der Waals surface area contributed by atoms with Crippen LogP contribution in [0.2, 0.25) is 0 Å². The van der Waals surface area contributed by atoms with Gasteiger partial charge >= 0.3 is 5.97 Å². The predicted molar refractivity (Wildman–Crippen MR) is 102 cm³/mol. The lowest BCUT2D eigenvalue weighted by molar-refractivity contribution is -0.155. The summed E-state index contributed by atoms with van der Waals surface area (Å²) in [6.45, 7) is 6.45. The van der Waals surface area contributed by atoms with Crippen LogP contribution in [0.5, 0.6) is 5.75 Å². The van der Waals surface area contributed by atoms with E-state index in [9.17, 15) is 9.59 Å². The molecule has 7 heteroatoms. The molecule has 7 nitrogen and oxygen atoms in total. The van der Waals surface area contributed by atoms with Crippen molar-refractivity contribution in [2.24, 2.45) is 5.41 Å². The number of esters is 1. The van der Waals surface area contributed by atoms with E-state index in [1.165, 1.54) is 0 Å². The van der Waals surface area contributed by atoms with Gasteiger partial charge in [-0.25, -0.2) is 4.79 Å². The summed E-state index contributed by atoms with van der Waals surface area (Å²) in [4.78, 5) is 27.5. The maximum atomic E-state index is 13.6. The first kappa shape index (κ1) is 20.6. The fourth-order valence-electron chi connectivity index (χ4n) is 4.00. The van der Waals surface area contributed by atoms with Crippen LogP contribution < -0.4 is 4.74 Å². The highest BCUT2D eigenvalue weighted by Crippen LogP contribution is 2.39. The molecule has 1 aromatic carbocycles. The molecule has 1 atom stereocenters. The number of ether oxygens (including phenoxy) is 4. The maximum absolute atomic E-state index is 13.6. The van der Waals surface area contributed by atoms with Crippen LogP contribution >= 0.6 is 0 Å². The molecule has 1 saturated heterocycles. The van der Waals surface area contributed by atoms with Crippen molar-refractivity contribution in [2.45, 2.75) is 32.7 Å². The van der Waals surface area contributed by atoms with E-state index in [0.29, 0.717) is 63.7 Å². The van der Waals surface area contributed by atoms with E-state index in [1.54, 1.807) is 26.2 Å². The topological polar surface area (TPSA) is 74.3 Å². The Morgan fingerprint density at radius 3 is 2.68 bits per heavy atom. The van der Waals surface area contributed by atoms with E-state index < -0.39 is 5.41 Å². The minimum absolute atomic E-state index is 0.0797. The quantitative estimate of drug-likeness (QED) is 0.719. The van der Waals surface area contributed by atoms with Crippen molar-refractivity contribution < 1.29 is 28.5 Å². The third-order valence-corrected chi connectivity index (χ3v) is 5.62. The average molecular weight is 391 g/mol. The van der Waals surface area contributed by atoms with Crippen LogP contribution in [0.1, 0.15) is 48.7 Å². The standard InChI is InChI=1S/C21H29NO6/c1-4-27-19(23)16-5-6-17-15(2)22(9-12-28-18(17)13-16)20(24)21(14-25-3)7-10-26-11-8-21/h5-6,13,15H,4,7-12,14H2,1-3H3. The molecule has 0 bridgehead atoms. The molecule has 1 amide bonds. The van der Waals surface area contributed by atoms with Gasteiger partial charge in [0.15, 0.2) is 0 Å². The summed E-state index contributed by atoms with van der Waals surface area (Å²) in [6, 6.07) is 5.12. The summed E-state index contributed by atoms with van der Waals surface area (Å²) < 4.78 is 21.9. The summed E-state index contributed by atoms with van der Waals surface area (Å²) in [5, 5.41) is 0. The van der Waals surface area contributed by atoms with Crippen LogP contribution in [0.15, 0.2) is 18.2 Å². The maximum Gasteiger partial charge on any atom is 0.338 e. The largest absolute Gasteiger partial charge is 0.491 e. The molecular weight excluding hydrogens is 362 g/mol. The molecule has 2 aliphatic rings. The zero-order valence-corrected chi connectivity index (χ0v) is 16.9. The Bertz CT molecular complexity index is 707. The number of rotatable bonds is 5. The van der Waals surface area contributed by atoms with Gasteiger partial charge in [-0.15, -0.1) is 0 Å². The molecule has 0 aromatic heterocycles. The van der Waals surface area contributed by atoms with Gasteiger partial charge in [0.1, 0.15) is 12.4 Å². The molecule has 154 valence electrons. The van der Waals surface area contributed by atoms with Crippen LogP contribution in [0.25, 0.3) is 0 Å². The third kappa shape index (κ3) is 4.00. The summed E-state index contributed by atoms with van der Waals surface area (Å²) >= 11 is 0. The highest BCUT2D eigenvalue weighted by Gasteiger charge is 2.44. The molecule has 0 spiro atoms. The lowest BCUT2D eigenvalue weighted by Gasteiger charge is -2.40. The molecule has 2 heterocycles. The molecule has 0 N–H and O–H groups in total. The zero-order valence-electron chi connectivity index (χ0n) is 16.9. The normalized spacial score (nSPS) is 21.2. The predicted octanol–water partition coefficient (Wildman–Crippen LogP) is 2.59. The van der Waals surface area contributed by atoms with Gasteiger partial charge < -0.3 is 23.8 Å². The van der Waals surface area contributed by atoms with Crippen molar-refractivity contribution in [3.8, 4) is 5.75 Å². The van der Waals surface area contributed by atoms with Gasteiger partial charge in [0, 0.05) is 25.9 Å². The van der Waals surface area contributed by atoms with Crippen LogP contribution in [0.3, 0.4) is 0 Å². The summed E-state index contributed by atoms with van der Waals surface area (Å²) in [6.07, 6.45) is 1.30. The van der Waals surface area contributed by atoms with Crippen LogP contribution in [-0.2, 0) is 19.0 Å². The number of hydrogen-bond donors (Lipinski definition) is 0. The summed E-state index contributed by atoms with van der Waals surface area (Å²) in [7, 11) is 1.63. The molecule has 3 rings (SSSR count). The lowest BCUT2D eigenvalue weighted by atomic mass is 9.79. The Kier molecular flexibility index (Phi) is 6.57. The number of carbonyl (C=O) groups is 2. The second-order valence-electron chi connectivity index (χ2n) is 7.32. The fourth-order valence-corrected chi connectivity index (χ4v) is 4.00. The van der Waals surface area contributed by atoms with Gasteiger partial charge in [0.25, 0.3) is 0 Å². The highest BCUT2D eigenvalue weighted by atomic mass is 16.5. The summed E-state index contributed by atoms with van der Waals surface area (Å²) in [5.74, 6) is 0.331. The highest BCUT2D eigenvalue weighted by molar-refractivity contribution is 5.90. The third-order valence-electron chi connectivity index (χ3n) is 5.62. The van der Waals surface area contributed by atoms with E-state index in [-0.39, 0.29) is 17.9 Å². The number of carbonyl (C=O) groups excluding carboxylic acids is 2. The molecule has 1 fully saturated rings. The monoisotopic (exact) mass is 391 g/mol. The fraction of sp³-hybridized carbons (Fsp3) is 0.619. The van der Waals surface area contributed by atoms with Crippen molar-refractivity contribution in [3.05, 3.63) is 29.3 Å². The van der Waals surface area contributed by atoms with Gasteiger partial charge in [0.05, 0.1) is 36.8 Å². The van der Waals surface area contributed by atoms with E-state index in [4.69, 9.17) is 18.9 Å². The number of hydrogen-bond acceptors (Lipinski definition) is 6. The number of nitrogens with zero attached hydrogens (tertiary/aromatic N) is 1. The first-order valence-corrected chi connectivity index (χ1v) is 9.84. The Hall–Kier alpha value is -2.12. The van der Waals surface area contributed by atoms with Gasteiger partial charge in [-0.2, -0.15) is 0 Å². The van der Waals surface area contributed by atoms with E-state index in [1.807, 2.05) is 17.9 Å². The van der Waals surface area contributed by atoms with Gasteiger partial charge in [-0.3, -0.25) is 4.79 Å². The summed E-state index contributed by atoms with van der Waals surface area (Å²) in [5.41, 5.74) is 0.780. The number of fused-ring (bicyclic) bond motifs is 1. The van der Waals surface area contributed by atoms with E-state index >= 15 is 0 Å². The Morgan fingerprint density at radius 1 is 1.25 bits per heavy atom. The number of amides is 1. The van der Waals surface area contributed by atoms with Crippen molar-refractivity contribution in [3.63, 3.8) is 0 Å². The van der Waals surface area contributed by atoms with Crippen LogP contribution in [-0.4, -0.2) is 63.5 Å². The molecule has 1 unspecified atom stereocenters. The molecule has 0 radical (unpaired) electrons. The second-order valence-corrected chi connectivity index (χ2v) is 7.32. The first-order valence-electron chi connectivity index (χ1n) is 9.84. The van der Waals surface area contributed by atoms with Crippen LogP contribution in [0, 0.1) is 5.41 Å². The zero-order chi connectivity index (χ0) is 20.1. The lowest BCUT2D eigenvalue weighted by Crippen LogP contribution is -2.50. The molecule has 1 aromatic rings. The second kappa shape index (κ2) is 8.92. The molecular formula is C21H29NO6. The smallest absolute Gasteiger partial charge is 0.338 e. The van der Waals surface area contributed by atoms with Crippen molar-refractivity contribution >= 4 is 11.9 Å². The number of benzene rings is 1. The molecule has 2 aliphatic heterocycles.